The molecule has 8 heteroatoms. The van der Waals surface area contributed by atoms with E-state index in [-0.39, 0.29) is 28.8 Å². The Bertz CT molecular complexity index is 1200. The molecule has 2 aromatic carbocycles. The Morgan fingerprint density at radius 1 is 1.00 bits per heavy atom. The lowest BCUT2D eigenvalue weighted by Crippen LogP contribution is -2.28. The second kappa shape index (κ2) is 9.91. The van der Waals surface area contributed by atoms with Crippen molar-refractivity contribution in [2.75, 3.05) is 16.4 Å². The molecule has 1 unspecified atom stereocenters. The number of aryl methyl sites for hydroxylation is 2. The van der Waals surface area contributed by atoms with Crippen LogP contribution in [0.4, 0.5) is 11.4 Å². The van der Waals surface area contributed by atoms with Crippen LogP contribution in [0, 0.1) is 20.8 Å². The monoisotopic (exact) mass is 452 g/mol. The fraction of sp³-hybridized carbons (Fsp3) is 0.292. The average Bonchev–Trinajstić information content (AvgIpc) is 2.98. The number of aromatic nitrogens is 2. The van der Waals surface area contributed by atoms with Crippen LogP contribution < -0.4 is 16.2 Å². The largest absolute Gasteiger partial charge is 0.325 e. The average molecular weight is 453 g/mol. The van der Waals surface area contributed by atoms with E-state index in [1.807, 2.05) is 62.4 Å². The van der Waals surface area contributed by atoms with Crippen molar-refractivity contribution in [1.82, 2.24) is 9.36 Å². The maximum atomic E-state index is 12.9. The van der Waals surface area contributed by atoms with E-state index in [1.54, 1.807) is 25.6 Å². The molecule has 168 valence electrons. The van der Waals surface area contributed by atoms with Crippen LogP contribution in [0.5, 0.6) is 0 Å². The molecule has 2 N–H and O–H groups in total. The first kappa shape index (κ1) is 23.4. The van der Waals surface area contributed by atoms with Gasteiger partial charge in [0, 0.05) is 12.7 Å². The number of nitrogens with zero attached hydrogens (tertiary/aromatic N) is 2. The highest BCUT2D eigenvalue weighted by molar-refractivity contribution is 8.01. The number of thioether (sulfide) groups is 1. The summed E-state index contributed by atoms with van der Waals surface area (Å²) in [5, 5.41) is 5.09. The summed E-state index contributed by atoms with van der Waals surface area (Å²) in [4.78, 5) is 37.9. The number of hydrogen-bond acceptors (Lipinski definition) is 4. The third-order valence-corrected chi connectivity index (χ3v) is 6.57. The van der Waals surface area contributed by atoms with Crippen molar-refractivity contribution in [2.45, 2.75) is 32.9 Å². The molecular weight excluding hydrogens is 424 g/mol. The van der Waals surface area contributed by atoms with Crippen molar-refractivity contribution in [2.24, 2.45) is 7.05 Å². The number of amides is 2. The molecule has 3 rings (SSSR count). The van der Waals surface area contributed by atoms with E-state index in [9.17, 15) is 14.4 Å². The minimum absolute atomic E-state index is 0.129. The molecule has 7 nitrogen and oxygen atoms in total. The lowest BCUT2D eigenvalue weighted by atomic mass is 10.1. The maximum absolute atomic E-state index is 12.9. The number of para-hydroxylation sites is 1. The van der Waals surface area contributed by atoms with E-state index in [0.29, 0.717) is 11.4 Å². The van der Waals surface area contributed by atoms with Crippen molar-refractivity contribution in [3.63, 3.8) is 0 Å². The quantitative estimate of drug-likeness (QED) is 0.571. The molecule has 0 aliphatic heterocycles. The van der Waals surface area contributed by atoms with Gasteiger partial charge >= 0.3 is 0 Å². The molecule has 3 aromatic rings. The van der Waals surface area contributed by atoms with Gasteiger partial charge in [-0.3, -0.25) is 19.1 Å². The van der Waals surface area contributed by atoms with Crippen LogP contribution in [0.1, 0.15) is 23.7 Å². The molecule has 0 saturated carbocycles. The molecule has 0 aliphatic rings. The Kier molecular flexibility index (Phi) is 7.25. The van der Waals surface area contributed by atoms with Gasteiger partial charge in [-0.1, -0.05) is 24.3 Å². The van der Waals surface area contributed by atoms with Crippen LogP contribution in [0.2, 0.25) is 0 Å². The number of carbonyl (C=O) groups is 2. The van der Waals surface area contributed by atoms with Crippen molar-refractivity contribution in [3.8, 4) is 5.69 Å². The number of hydrogen-bond donors (Lipinski definition) is 2. The molecule has 0 spiro atoms. The zero-order chi connectivity index (χ0) is 23.4. The van der Waals surface area contributed by atoms with E-state index in [2.05, 4.69) is 10.6 Å². The van der Waals surface area contributed by atoms with Gasteiger partial charge < -0.3 is 10.6 Å². The van der Waals surface area contributed by atoms with Gasteiger partial charge in [-0.2, -0.15) is 0 Å². The van der Waals surface area contributed by atoms with Gasteiger partial charge in [-0.05, 0) is 63.1 Å². The number of rotatable bonds is 7. The van der Waals surface area contributed by atoms with Crippen LogP contribution in [0.15, 0.2) is 53.3 Å². The van der Waals surface area contributed by atoms with Crippen molar-refractivity contribution >= 4 is 35.0 Å². The summed E-state index contributed by atoms with van der Waals surface area (Å²) in [7, 11) is 1.77. The molecule has 0 saturated heterocycles. The molecular formula is C24H28N4O3S. The first-order chi connectivity index (χ1) is 15.2. The van der Waals surface area contributed by atoms with Crippen LogP contribution in [-0.4, -0.2) is 32.2 Å². The van der Waals surface area contributed by atoms with E-state index < -0.39 is 5.25 Å². The van der Waals surface area contributed by atoms with Crippen molar-refractivity contribution in [3.05, 3.63) is 75.7 Å². The first-order valence-corrected chi connectivity index (χ1v) is 11.4. The summed E-state index contributed by atoms with van der Waals surface area (Å²) in [5.41, 5.74) is 4.30. The topological polar surface area (TPSA) is 85.1 Å². The summed E-state index contributed by atoms with van der Waals surface area (Å²) < 4.78 is 3.22. The summed E-state index contributed by atoms with van der Waals surface area (Å²) in [6.07, 6.45) is 0. The fourth-order valence-corrected chi connectivity index (χ4v) is 3.91. The number of nitrogens with one attached hydrogen (secondary N) is 2. The van der Waals surface area contributed by atoms with Gasteiger partial charge in [-0.15, -0.1) is 11.8 Å². The zero-order valence-electron chi connectivity index (χ0n) is 18.9. The molecule has 2 amide bonds. The minimum atomic E-state index is -0.510. The van der Waals surface area contributed by atoms with Gasteiger partial charge in [-0.25, -0.2) is 4.68 Å². The Hall–Kier alpha value is -3.26. The SMILES string of the molecule is Cc1ccc(NC(=O)CSC(C)C(=O)Nc2c(C)n(C)n(-c3ccccc3)c2=O)cc1C. The number of carbonyl (C=O) groups excluding carboxylic acids is 2. The van der Waals surface area contributed by atoms with Gasteiger partial charge in [0.2, 0.25) is 11.8 Å². The third-order valence-electron chi connectivity index (χ3n) is 5.43. The van der Waals surface area contributed by atoms with Crippen LogP contribution in [0.25, 0.3) is 5.69 Å². The summed E-state index contributed by atoms with van der Waals surface area (Å²) in [6.45, 7) is 7.51. The van der Waals surface area contributed by atoms with Gasteiger partial charge in [0.15, 0.2) is 0 Å². The van der Waals surface area contributed by atoms with Crippen molar-refractivity contribution < 1.29 is 9.59 Å². The van der Waals surface area contributed by atoms with Crippen molar-refractivity contribution in [1.29, 1.82) is 0 Å². The van der Waals surface area contributed by atoms with E-state index in [4.69, 9.17) is 0 Å². The summed E-state index contributed by atoms with van der Waals surface area (Å²) in [6, 6.07) is 15.0. The van der Waals surface area contributed by atoms with Gasteiger partial charge in [0.1, 0.15) is 5.69 Å². The predicted octanol–water partition coefficient (Wildman–Crippen LogP) is 3.80. The van der Waals surface area contributed by atoms with Crippen LogP contribution >= 0.6 is 11.8 Å². The summed E-state index contributed by atoms with van der Waals surface area (Å²) in [5.74, 6) is -0.371. The molecule has 0 bridgehead atoms. The minimum Gasteiger partial charge on any atom is -0.325 e. The normalized spacial score (nSPS) is 11.8. The van der Waals surface area contributed by atoms with Crippen LogP contribution in [0.3, 0.4) is 0 Å². The lowest BCUT2D eigenvalue weighted by molar-refractivity contribution is -0.115. The highest BCUT2D eigenvalue weighted by Gasteiger charge is 2.21. The first-order valence-electron chi connectivity index (χ1n) is 10.3. The standard InChI is InChI=1S/C24H28N4O3S/c1-15-11-12-19(13-16(15)2)25-21(29)14-32-18(4)23(30)26-22-17(3)27(5)28(24(22)31)20-9-7-6-8-10-20/h6-13,18H,14H2,1-5H3,(H,25,29)(H,26,30). The molecule has 32 heavy (non-hydrogen) atoms. The Morgan fingerprint density at radius 3 is 2.34 bits per heavy atom. The molecule has 0 fully saturated rings. The Balaban J connectivity index is 1.63. The molecule has 1 aromatic heterocycles. The molecule has 0 aliphatic carbocycles. The highest BCUT2D eigenvalue weighted by Crippen LogP contribution is 2.18. The Labute approximate surface area is 191 Å². The smallest absolute Gasteiger partial charge is 0.295 e. The molecule has 0 radical (unpaired) electrons. The predicted molar refractivity (Wildman–Crippen MR) is 131 cm³/mol. The third kappa shape index (κ3) is 5.13. The van der Waals surface area contributed by atoms with E-state index in [1.165, 1.54) is 16.4 Å². The maximum Gasteiger partial charge on any atom is 0.295 e. The molecule has 1 heterocycles. The second-order valence-electron chi connectivity index (χ2n) is 7.73. The van der Waals surface area contributed by atoms with E-state index in [0.717, 1.165) is 16.8 Å². The second-order valence-corrected chi connectivity index (χ2v) is 9.06. The van der Waals surface area contributed by atoms with Gasteiger partial charge in [0.05, 0.1) is 22.4 Å². The van der Waals surface area contributed by atoms with E-state index >= 15 is 0 Å². The zero-order valence-corrected chi connectivity index (χ0v) is 19.7. The number of anilines is 2. The molecule has 1 atom stereocenters. The highest BCUT2D eigenvalue weighted by atomic mass is 32.2. The lowest BCUT2D eigenvalue weighted by Gasteiger charge is -2.12. The fourth-order valence-electron chi connectivity index (χ4n) is 3.23. The van der Waals surface area contributed by atoms with Gasteiger partial charge in [0.25, 0.3) is 5.56 Å². The summed E-state index contributed by atoms with van der Waals surface area (Å²) >= 11 is 1.22. The number of benzene rings is 2. The Morgan fingerprint density at radius 2 is 1.69 bits per heavy atom. The van der Waals surface area contributed by atoms with Crippen LogP contribution in [-0.2, 0) is 16.6 Å².